The van der Waals surface area contributed by atoms with Gasteiger partial charge in [0, 0.05) is 25.7 Å². The van der Waals surface area contributed by atoms with E-state index in [9.17, 15) is 0 Å². The van der Waals surface area contributed by atoms with Gasteiger partial charge in [0.25, 0.3) is 0 Å². The Morgan fingerprint density at radius 3 is 2.95 bits per heavy atom. The molecule has 112 valence electrons. The fourth-order valence-electron chi connectivity index (χ4n) is 2.72. The number of nitrogens with zero attached hydrogens (tertiary/aromatic N) is 4. The number of nitrogens with two attached hydrogens (primary N) is 1. The quantitative estimate of drug-likeness (QED) is 0.361. The van der Waals surface area contributed by atoms with E-state index in [1.54, 1.807) is 0 Å². The Morgan fingerprint density at radius 2 is 2.25 bits per heavy atom. The highest BCUT2D eigenvalue weighted by Crippen LogP contribution is 2.27. The maximum atomic E-state index is 8.51. The van der Waals surface area contributed by atoms with Crippen LogP contribution in [0.5, 0.6) is 0 Å². The zero-order chi connectivity index (χ0) is 14.4. The lowest BCUT2D eigenvalue weighted by Gasteiger charge is -2.22. The zero-order valence-corrected chi connectivity index (χ0v) is 12.2. The van der Waals surface area contributed by atoms with Crippen molar-refractivity contribution in [2.75, 3.05) is 13.6 Å². The Labute approximate surface area is 120 Å². The Balaban J connectivity index is 1.82. The van der Waals surface area contributed by atoms with E-state index in [1.165, 1.54) is 32.1 Å². The minimum Gasteiger partial charge on any atom is -0.409 e. The molecule has 0 bridgehead atoms. The first-order valence-corrected chi connectivity index (χ1v) is 7.38. The van der Waals surface area contributed by atoms with Gasteiger partial charge in [0.05, 0.1) is 11.7 Å². The first-order valence-electron chi connectivity index (χ1n) is 7.38. The van der Waals surface area contributed by atoms with E-state index in [0.29, 0.717) is 12.5 Å². The summed E-state index contributed by atoms with van der Waals surface area (Å²) in [6.45, 7) is 1.55. The van der Waals surface area contributed by atoms with Gasteiger partial charge >= 0.3 is 0 Å². The van der Waals surface area contributed by atoms with Crippen molar-refractivity contribution in [2.45, 2.75) is 51.1 Å². The molecule has 0 radical (unpaired) electrons. The van der Waals surface area contributed by atoms with E-state index in [0.717, 1.165) is 18.8 Å². The number of amidine groups is 1. The summed E-state index contributed by atoms with van der Waals surface area (Å²) in [5.74, 6) is 0.268. The van der Waals surface area contributed by atoms with Gasteiger partial charge < -0.3 is 15.8 Å². The van der Waals surface area contributed by atoms with Crippen LogP contribution in [0, 0.1) is 0 Å². The molecule has 1 aromatic heterocycles. The topological polar surface area (TPSA) is 79.7 Å². The average molecular weight is 279 g/mol. The summed E-state index contributed by atoms with van der Waals surface area (Å²) < 4.78 is 2.13. The second-order valence-corrected chi connectivity index (χ2v) is 5.66. The van der Waals surface area contributed by atoms with Gasteiger partial charge in [-0.05, 0) is 26.0 Å². The molecular formula is C14H25N5O. The van der Waals surface area contributed by atoms with Crippen LogP contribution >= 0.6 is 0 Å². The molecule has 6 nitrogen and oxygen atoms in total. The van der Waals surface area contributed by atoms with Crippen molar-refractivity contribution >= 4 is 5.84 Å². The predicted octanol–water partition coefficient (Wildman–Crippen LogP) is 1.96. The van der Waals surface area contributed by atoms with Crippen LogP contribution in [0.25, 0.3) is 0 Å². The van der Waals surface area contributed by atoms with Gasteiger partial charge in [0.1, 0.15) is 5.84 Å². The van der Waals surface area contributed by atoms with Gasteiger partial charge in [-0.3, -0.25) is 4.68 Å². The summed E-state index contributed by atoms with van der Waals surface area (Å²) in [5.41, 5.74) is 6.55. The van der Waals surface area contributed by atoms with Crippen molar-refractivity contribution in [2.24, 2.45) is 10.9 Å². The molecule has 1 aliphatic carbocycles. The third kappa shape index (κ3) is 4.23. The molecule has 0 aliphatic heterocycles. The SMILES string of the molecule is CN(CCC(N)=NO)Cc1ccn(C2CCCCC2)n1. The number of hydrogen-bond acceptors (Lipinski definition) is 4. The molecule has 0 amide bonds. The first kappa shape index (κ1) is 14.8. The highest BCUT2D eigenvalue weighted by Gasteiger charge is 2.16. The molecule has 6 heteroatoms. The predicted molar refractivity (Wildman–Crippen MR) is 78.7 cm³/mol. The van der Waals surface area contributed by atoms with Crippen molar-refractivity contribution < 1.29 is 5.21 Å². The lowest BCUT2D eigenvalue weighted by molar-refractivity contribution is 0.304. The maximum absolute atomic E-state index is 8.51. The molecule has 0 saturated heterocycles. The molecular weight excluding hydrogens is 254 g/mol. The van der Waals surface area contributed by atoms with Crippen LogP contribution in [-0.2, 0) is 6.54 Å². The van der Waals surface area contributed by atoms with Gasteiger partial charge in [-0.15, -0.1) is 0 Å². The summed E-state index contributed by atoms with van der Waals surface area (Å²) in [5, 5.41) is 16.2. The normalized spacial score (nSPS) is 17.8. The molecule has 20 heavy (non-hydrogen) atoms. The molecule has 1 saturated carbocycles. The lowest BCUT2D eigenvalue weighted by atomic mass is 9.96. The molecule has 1 aromatic rings. The van der Waals surface area contributed by atoms with Gasteiger partial charge in [-0.1, -0.05) is 24.4 Å². The van der Waals surface area contributed by atoms with Crippen molar-refractivity contribution in [3.63, 3.8) is 0 Å². The number of hydrogen-bond donors (Lipinski definition) is 2. The highest BCUT2D eigenvalue weighted by atomic mass is 16.4. The maximum Gasteiger partial charge on any atom is 0.140 e. The van der Waals surface area contributed by atoms with Crippen LogP contribution in [0.4, 0.5) is 0 Å². The third-order valence-electron chi connectivity index (χ3n) is 3.92. The minimum atomic E-state index is 0.268. The monoisotopic (exact) mass is 279 g/mol. The average Bonchev–Trinajstić information content (AvgIpc) is 2.94. The Kier molecular flexibility index (Phi) is 5.40. The second-order valence-electron chi connectivity index (χ2n) is 5.66. The van der Waals surface area contributed by atoms with E-state index < -0.39 is 0 Å². The van der Waals surface area contributed by atoms with Crippen LogP contribution < -0.4 is 5.73 Å². The standard InChI is InChI=1S/C14H25N5O/c1-18(9-8-14(15)17-20)11-12-7-10-19(16-12)13-5-3-2-4-6-13/h7,10,13,20H,2-6,8-9,11H2,1H3,(H2,15,17). The third-order valence-corrected chi connectivity index (χ3v) is 3.92. The van der Waals surface area contributed by atoms with E-state index in [4.69, 9.17) is 10.9 Å². The largest absolute Gasteiger partial charge is 0.409 e. The van der Waals surface area contributed by atoms with E-state index >= 15 is 0 Å². The van der Waals surface area contributed by atoms with Crippen LogP contribution in [0.3, 0.4) is 0 Å². The molecule has 2 rings (SSSR count). The zero-order valence-electron chi connectivity index (χ0n) is 12.2. The molecule has 3 N–H and O–H groups in total. The Bertz CT molecular complexity index is 437. The first-order chi connectivity index (χ1) is 9.69. The Morgan fingerprint density at radius 1 is 1.50 bits per heavy atom. The van der Waals surface area contributed by atoms with Gasteiger partial charge in [-0.2, -0.15) is 5.10 Å². The summed E-state index contributed by atoms with van der Waals surface area (Å²) in [6.07, 6.45) is 9.17. The number of oxime groups is 1. The van der Waals surface area contributed by atoms with Crippen LogP contribution in [-0.4, -0.2) is 39.3 Å². The lowest BCUT2D eigenvalue weighted by Crippen LogP contribution is -2.24. The fourth-order valence-corrected chi connectivity index (χ4v) is 2.72. The molecule has 0 spiro atoms. The van der Waals surface area contributed by atoms with Crippen LogP contribution in [0.15, 0.2) is 17.4 Å². The smallest absolute Gasteiger partial charge is 0.140 e. The van der Waals surface area contributed by atoms with Gasteiger partial charge in [0.15, 0.2) is 0 Å². The van der Waals surface area contributed by atoms with Crippen molar-refractivity contribution in [1.29, 1.82) is 0 Å². The molecule has 1 fully saturated rings. The van der Waals surface area contributed by atoms with Crippen molar-refractivity contribution in [3.05, 3.63) is 18.0 Å². The highest BCUT2D eigenvalue weighted by molar-refractivity contribution is 5.79. The molecule has 0 unspecified atom stereocenters. The van der Waals surface area contributed by atoms with E-state index in [-0.39, 0.29) is 5.84 Å². The molecule has 1 aliphatic rings. The second kappa shape index (κ2) is 7.28. The summed E-state index contributed by atoms with van der Waals surface area (Å²) in [6, 6.07) is 2.68. The van der Waals surface area contributed by atoms with Gasteiger partial charge in [-0.25, -0.2) is 0 Å². The van der Waals surface area contributed by atoms with Crippen molar-refractivity contribution in [1.82, 2.24) is 14.7 Å². The van der Waals surface area contributed by atoms with E-state index in [1.807, 2.05) is 7.05 Å². The molecule has 0 atom stereocenters. The van der Waals surface area contributed by atoms with Gasteiger partial charge in [0.2, 0.25) is 0 Å². The van der Waals surface area contributed by atoms with E-state index in [2.05, 4.69) is 32.1 Å². The Hall–Kier alpha value is -1.56. The molecule has 0 aromatic carbocycles. The number of rotatable bonds is 6. The summed E-state index contributed by atoms with van der Waals surface area (Å²) in [7, 11) is 2.02. The van der Waals surface area contributed by atoms with Crippen LogP contribution in [0.2, 0.25) is 0 Å². The minimum absolute atomic E-state index is 0.268. The fraction of sp³-hybridized carbons (Fsp3) is 0.714. The molecule has 1 heterocycles. The summed E-state index contributed by atoms with van der Waals surface area (Å²) >= 11 is 0. The number of aromatic nitrogens is 2. The summed E-state index contributed by atoms with van der Waals surface area (Å²) in [4.78, 5) is 2.13. The van der Waals surface area contributed by atoms with Crippen molar-refractivity contribution in [3.8, 4) is 0 Å². The van der Waals surface area contributed by atoms with Crippen LogP contribution in [0.1, 0.15) is 50.3 Å².